The number of carbonyl (C=O) groups excluding carboxylic acids is 1. The van der Waals surface area contributed by atoms with E-state index in [2.05, 4.69) is 4.98 Å². The Bertz CT molecular complexity index is 465. The van der Waals surface area contributed by atoms with Gasteiger partial charge in [-0.3, -0.25) is 4.79 Å². The number of nitrogens with zero attached hydrogens (tertiary/aromatic N) is 3. The second-order valence-electron chi connectivity index (χ2n) is 4.62. The van der Waals surface area contributed by atoms with Gasteiger partial charge in [-0.25, -0.2) is 4.98 Å². The van der Waals surface area contributed by atoms with Gasteiger partial charge in [0.15, 0.2) is 0 Å². The summed E-state index contributed by atoms with van der Waals surface area (Å²) in [6, 6.07) is 2.41. The Morgan fingerprint density at radius 3 is 2.35 bits per heavy atom. The fraction of sp³-hybridized carbons (Fsp3) is 0.538. The zero-order valence-corrected chi connectivity index (χ0v) is 11.2. The molecule has 0 unspecified atom stereocenters. The maximum atomic E-state index is 12.4. The Hall–Kier alpha value is -1.79. The molecule has 0 spiro atoms. The van der Waals surface area contributed by atoms with E-state index in [9.17, 15) is 18.0 Å². The molecule has 20 heavy (non-hydrogen) atoms. The summed E-state index contributed by atoms with van der Waals surface area (Å²) in [5.41, 5.74) is -0.749. The summed E-state index contributed by atoms with van der Waals surface area (Å²) in [6.45, 7) is 4.14. The number of rotatable bonds is 2. The van der Waals surface area contributed by atoms with E-state index < -0.39 is 11.7 Å². The molecule has 1 saturated heterocycles. The maximum Gasteiger partial charge on any atom is 0.417 e. The Morgan fingerprint density at radius 1 is 1.25 bits per heavy atom. The molecular weight excluding hydrogens is 271 g/mol. The molecule has 110 valence electrons. The summed E-state index contributed by atoms with van der Waals surface area (Å²) >= 11 is 0. The minimum absolute atomic E-state index is 0.102. The first-order valence-electron chi connectivity index (χ1n) is 6.48. The fourth-order valence-electron chi connectivity index (χ4n) is 2.15. The highest BCUT2D eigenvalue weighted by atomic mass is 19.4. The van der Waals surface area contributed by atoms with Gasteiger partial charge < -0.3 is 9.80 Å². The molecule has 2 heterocycles. The smallest absolute Gasteiger partial charge is 0.353 e. The van der Waals surface area contributed by atoms with Crippen LogP contribution < -0.4 is 4.90 Å². The SMILES string of the molecule is CCC(=O)N1CCN(c2ccc(C(F)(F)F)cn2)CC1. The van der Waals surface area contributed by atoms with Crippen LogP contribution >= 0.6 is 0 Å². The van der Waals surface area contributed by atoms with Gasteiger partial charge in [0.1, 0.15) is 5.82 Å². The van der Waals surface area contributed by atoms with Crippen molar-refractivity contribution in [1.82, 2.24) is 9.88 Å². The van der Waals surface area contributed by atoms with Gasteiger partial charge >= 0.3 is 6.18 Å². The van der Waals surface area contributed by atoms with Gasteiger partial charge in [0.05, 0.1) is 5.56 Å². The third kappa shape index (κ3) is 3.20. The molecule has 1 aliphatic heterocycles. The van der Waals surface area contributed by atoms with Crippen LogP contribution in [0.3, 0.4) is 0 Å². The predicted octanol–water partition coefficient (Wildman–Crippen LogP) is 2.16. The van der Waals surface area contributed by atoms with Crippen LogP contribution in [-0.4, -0.2) is 42.0 Å². The number of amides is 1. The van der Waals surface area contributed by atoms with Gasteiger partial charge in [-0.2, -0.15) is 13.2 Å². The van der Waals surface area contributed by atoms with Crippen molar-refractivity contribution >= 4 is 11.7 Å². The minimum atomic E-state index is -4.36. The predicted molar refractivity (Wildman–Crippen MR) is 68.3 cm³/mol. The Kier molecular flexibility index (Phi) is 4.15. The molecule has 0 bridgehead atoms. The first-order chi connectivity index (χ1) is 9.41. The van der Waals surface area contributed by atoms with Crippen LogP contribution in [0.5, 0.6) is 0 Å². The number of piperazine rings is 1. The summed E-state index contributed by atoms with van der Waals surface area (Å²) in [4.78, 5) is 19.0. The van der Waals surface area contributed by atoms with Crippen molar-refractivity contribution in [2.45, 2.75) is 19.5 Å². The van der Waals surface area contributed by atoms with Crippen molar-refractivity contribution in [2.75, 3.05) is 31.1 Å². The number of anilines is 1. The molecule has 4 nitrogen and oxygen atoms in total. The van der Waals surface area contributed by atoms with Gasteiger partial charge in [-0.1, -0.05) is 6.92 Å². The van der Waals surface area contributed by atoms with E-state index in [1.54, 1.807) is 4.90 Å². The molecule has 0 aromatic carbocycles. The molecule has 0 saturated carbocycles. The summed E-state index contributed by atoms with van der Waals surface area (Å²) in [7, 11) is 0. The molecule has 0 radical (unpaired) electrons. The summed E-state index contributed by atoms with van der Waals surface area (Å²) in [5.74, 6) is 0.617. The Morgan fingerprint density at radius 2 is 1.90 bits per heavy atom. The van der Waals surface area contributed by atoms with Gasteiger partial charge in [-0.05, 0) is 12.1 Å². The minimum Gasteiger partial charge on any atom is -0.353 e. The number of halogens is 3. The fourth-order valence-corrected chi connectivity index (χ4v) is 2.15. The molecule has 1 aromatic heterocycles. The van der Waals surface area contributed by atoms with Crippen LogP contribution in [-0.2, 0) is 11.0 Å². The standard InChI is InChI=1S/C13H16F3N3O/c1-2-12(20)19-7-5-18(6-8-19)11-4-3-10(9-17-11)13(14,15)16/h3-4,9H,2,5-8H2,1H3. The topological polar surface area (TPSA) is 36.4 Å². The van der Waals surface area contributed by atoms with Crippen molar-refractivity contribution in [3.05, 3.63) is 23.9 Å². The third-order valence-electron chi connectivity index (χ3n) is 3.33. The molecule has 1 fully saturated rings. The Balaban J connectivity index is 1.99. The highest BCUT2D eigenvalue weighted by molar-refractivity contribution is 5.76. The molecule has 2 rings (SSSR count). The highest BCUT2D eigenvalue weighted by Crippen LogP contribution is 2.29. The van der Waals surface area contributed by atoms with Crippen LogP contribution in [0.25, 0.3) is 0 Å². The molecule has 0 N–H and O–H groups in total. The first-order valence-corrected chi connectivity index (χ1v) is 6.48. The number of alkyl halides is 3. The average Bonchev–Trinajstić information content (AvgIpc) is 2.46. The van der Waals surface area contributed by atoms with E-state index in [0.29, 0.717) is 38.4 Å². The number of pyridine rings is 1. The van der Waals surface area contributed by atoms with Gasteiger partial charge in [0, 0.05) is 38.8 Å². The molecule has 7 heteroatoms. The lowest BCUT2D eigenvalue weighted by Gasteiger charge is -2.35. The Labute approximate surface area is 115 Å². The van der Waals surface area contributed by atoms with Crippen LogP contribution in [0.1, 0.15) is 18.9 Å². The monoisotopic (exact) mass is 287 g/mol. The normalized spacial score (nSPS) is 16.4. The quantitative estimate of drug-likeness (QED) is 0.836. The van der Waals surface area contributed by atoms with Gasteiger partial charge in [0.25, 0.3) is 0 Å². The average molecular weight is 287 g/mol. The van der Waals surface area contributed by atoms with Crippen molar-refractivity contribution in [3.8, 4) is 0 Å². The van der Waals surface area contributed by atoms with E-state index in [0.717, 1.165) is 12.3 Å². The summed E-state index contributed by atoms with van der Waals surface area (Å²) in [6.07, 6.45) is -3.05. The molecule has 1 aliphatic rings. The second-order valence-corrected chi connectivity index (χ2v) is 4.62. The van der Waals surface area contributed by atoms with Crippen molar-refractivity contribution < 1.29 is 18.0 Å². The molecule has 0 atom stereocenters. The van der Waals surface area contributed by atoms with Crippen LogP contribution in [0.2, 0.25) is 0 Å². The van der Waals surface area contributed by atoms with Crippen LogP contribution in [0, 0.1) is 0 Å². The number of aromatic nitrogens is 1. The van der Waals surface area contributed by atoms with Gasteiger partial charge in [0.2, 0.25) is 5.91 Å². The number of carbonyl (C=O) groups is 1. The van der Waals surface area contributed by atoms with E-state index >= 15 is 0 Å². The molecule has 1 aromatic rings. The number of hydrogen-bond donors (Lipinski definition) is 0. The third-order valence-corrected chi connectivity index (χ3v) is 3.33. The largest absolute Gasteiger partial charge is 0.417 e. The first kappa shape index (κ1) is 14.6. The lowest BCUT2D eigenvalue weighted by molar-refractivity contribution is -0.137. The summed E-state index contributed by atoms with van der Waals surface area (Å²) < 4.78 is 37.3. The van der Waals surface area contributed by atoms with E-state index in [4.69, 9.17) is 0 Å². The van der Waals surface area contributed by atoms with Crippen molar-refractivity contribution in [1.29, 1.82) is 0 Å². The van der Waals surface area contributed by atoms with E-state index in [1.165, 1.54) is 6.07 Å². The number of hydrogen-bond acceptors (Lipinski definition) is 3. The van der Waals surface area contributed by atoms with Crippen LogP contribution in [0.4, 0.5) is 19.0 Å². The lowest BCUT2D eigenvalue weighted by atomic mass is 10.2. The zero-order valence-electron chi connectivity index (χ0n) is 11.2. The highest BCUT2D eigenvalue weighted by Gasteiger charge is 2.31. The maximum absolute atomic E-state index is 12.4. The van der Waals surface area contributed by atoms with Crippen molar-refractivity contribution in [3.63, 3.8) is 0 Å². The van der Waals surface area contributed by atoms with E-state index in [1.807, 2.05) is 11.8 Å². The van der Waals surface area contributed by atoms with E-state index in [-0.39, 0.29) is 5.91 Å². The second kappa shape index (κ2) is 5.68. The molecule has 1 amide bonds. The molecule has 0 aliphatic carbocycles. The van der Waals surface area contributed by atoms with Crippen molar-refractivity contribution in [2.24, 2.45) is 0 Å². The molecular formula is C13H16F3N3O. The van der Waals surface area contributed by atoms with Crippen LogP contribution in [0.15, 0.2) is 18.3 Å². The van der Waals surface area contributed by atoms with Gasteiger partial charge in [-0.15, -0.1) is 0 Å². The lowest BCUT2D eigenvalue weighted by Crippen LogP contribution is -2.48. The zero-order chi connectivity index (χ0) is 14.8. The summed E-state index contributed by atoms with van der Waals surface area (Å²) in [5, 5.41) is 0.